The van der Waals surface area contributed by atoms with Crippen molar-refractivity contribution in [1.29, 1.82) is 0 Å². The van der Waals surface area contributed by atoms with Gasteiger partial charge in [-0.25, -0.2) is 13.8 Å². The molecule has 232 valence electrons. The fourth-order valence-corrected chi connectivity index (χ4v) is 7.33. The Labute approximate surface area is 266 Å². The maximum absolute atomic E-state index is 16.1. The van der Waals surface area contributed by atoms with Crippen LogP contribution < -0.4 is 4.74 Å². The van der Waals surface area contributed by atoms with Crippen LogP contribution in [0.5, 0.6) is 5.75 Å². The summed E-state index contributed by atoms with van der Waals surface area (Å²) in [6.45, 7) is 5.31. The number of amides is 1. The van der Waals surface area contributed by atoms with Crippen molar-refractivity contribution in [2.75, 3.05) is 19.8 Å². The lowest BCUT2D eigenvalue weighted by atomic mass is 9.95. The summed E-state index contributed by atoms with van der Waals surface area (Å²) in [5.74, 6) is -0.809. The summed E-state index contributed by atoms with van der Waals surface area (Å²) in [5.41, 5.74) is 5.03. The molecule has 6 aromatic rings. The van der Waals surface area contributed by atoms with Crippen molar-refractivity contribution in [3.63, 3.8) is 0 Å². The molecule has 3 bridgehead atoms. The first-order valence-electron chi connectivity index (χ1n) is 14.9. The molecule has 0 fully saturated rings. The van der Waals surface area contributed by atoms with Gasteiger partial charge in [-0.05, 0) is 36.4 Å². The van der Waals surface area contributed by atoms with Gasteiger partial charge in [0, 0.05) is 59.0 Å². The van der Waals surface area contributed by atoms with E-state index in [1.807, 2.05) is 36.0 Å². The Kier molecular flexibility index (Phi) is 6.91. The number of aryl methyl sites for hydroxylation is 1. The van der Waals surface area contributed by atoms with Crippen molar-refractivity contribution < 1.29 is 23.0 Å². The maximum atomic E-state index is 16.1. The SMILES string of the molecule is C=CC(=O)N1Cc2cc3nn2C[C@H]1COCCCOc1cc(F)ccc1-c1c-3nc(-c2ccc3c(cnn3C)c2)c2scc(F)c12. The van der Waals surface area contributed by atoms with E-state index in [0.717, 1.165) is 22.2 Å². The second kappa shape index (κ2) is 11.1. The normalized spacial score (nSPS) is 16.5. The molecular formula is C34H28F2N6O3S. The van der Waals surface area contributed by atoms with Crippen LogP contribution in [0.25, 0.3) is 54.8 Å². The maximum Gasteiger partial charge on any atom is 0.246 e. The Bertz CT molecular complexity index is 2190. The highest BCUT2D eigenvalue weighted by Gasteiger charge is 2.32. The van der Waals surface area contributed by atoms with Crippen LogP contribution in [-0.4, -0.2) is 61.2 Å². The molecule has 9 nitrogen and oxygen atoms in total. The van der Waals surface area contributed by atoms with Gasteiger partial charge >= 0.3 is 0 Å². The molecule has 1 atom stereocenters. The largest absolute Gasteiger partial charge is 0.493 e. The predicted molar refractivity (Wildman–Crippen MR) is 171 cm³/mol. The van der Waals surface area contributed by atoms with Gasteiger partial charge in [-0.2, -0.15) is 10.2 Å². The molecule has 0 spiro atoms. The summed E-state index contributed by atoms with van der Waals surface area (Å²) in [6, 6.07) is 11.8. The van der Waals surface area contributed by atoms with Gasteiger partial charge in [-0.3, -0.25) is 14.2 Å². The van der Waals surface area contributed by atoms with Crippen LogP contribution in [0.15, 0.2) is 66.7 Å². The lowest BCUT2D eigenvalue weighted by Gasteiger charge is -2.35. The van der Waals surface area contributed by atoms with Gasteiger partial charge in [-0.1, -0.05) is 12.6 Å². The highest BCUT2D eigenvalue weighted by Crippen LogP contribution is 2.47. The quantitative estimate of drug-likeness (QED) is 0.205. The number of nitrogens with zero attached hydrogens (tertiary/aromatic N) is 6. The van der Waals surface area contributed by atoms with E-state index >= 15 is 4.39 Å². The summed E-state index contributed by atoms with van der Waals surface area (Å²) >= 11 is 1.26. The number of carbonyl (C=O) groups is 1. The van der Waals surface area contributed by atoms with Crippen molar-refractivity contribution in [2.24, 2.45) is 7.05 Å². The molecule has 0 unspecified atom stereocenters. The number of hydrogen-bond acceptors (Lipinski definition) is 7. The van der Waals surface area contributed by atoms with Crippen LogP contribution in [0.4, 0.5) is 8.78 Å². The van der Waals surface area contributed by atoms with Crippen molar-refractivity contribution >= 4 is 38.2 Å². The molecule has 12 heteroatoms. The van der Waals surface area contributed by atoms with Gasteiger partial charge in [-0.15, -0.1) is 11.3 Å². The number of hydrogen-bond donors (Lipinski definition) is 0. The third-order valence-corrected chi connectivity index (χ3v) is 9.58. The second-order valence-electron chi connectivity index (χ2n) is 11.5. The number of ether oxygens (including phenoxy) is 2. The fraction of sp³-hybridized carbons (Fsp3) is 0.235. The van der Waals surface area contributed by atoms with E-state index in [4.69, 9.17) is 19.6 Å². The minimum absolute atomic E-state index is 0.198. The van der Waals surface area contributed by atoms with E-state index < -0.39 is 11.6 Å². The number of thiophene rings is 1. The number of pyridine rings is 1. The fourth-order valence-electron chi connectivity index (χ4n) is 6.40. The average Bonchev–Trinajstić information content (AvgIpc) is 3.77. The summed E-state index contributed by atoms with van der Waals surface area (Å²) in [7, 11) is 1.88. The van der Waals surface area contributed by atoms with Crippen LogP contribution in [0.3, 0.4) is 0 Å². The highest BCUT2D eigenvalue weighted by molar-refractivity contribution is 7.17. The first-order chi connectivity index (χ1) is 22.4. The minimum atomic E-state index is -0.471. The monoisotopic (exact) mass is 638 g/mol. The molecule has 6 heterocycles. The van der Waals surface area contributed by atoms with Crippen LogP contribution in [0.1, 0.15) is 12.1 Å². The predicted octanol–water partition coefficient (Wildman–Crippen LogP) is 6.35. The topological polar surface area (TPSA) is 87.3 Å². The minimum Gasteiger partial charge on any atom is -0.493 e. The molecule has 2 aliphatic rings. The molecule has 4 aromatic heterocycles. The van der Waals surface area contributed by atoms with Gasteiger partial charge in [0.15, 0.2) is 0 Å². The zero-order chi connectivity index (χ0) is 31.5. The summed E-state index contributed by atoms with van der Waals surface area (Å²) < 4.78 is 47.1. The Balaban J connectivity index is 1.42. The molecule has 0 radical (unpaired) electrons. The van der Waals surface area contributed by atoms with Gasteiger partial charge in [0.25, 0.3) is 0 Å². The molecule has 0 saturated carbocycles. The van der Waals surface area contributed by atoms with Crippen LogP contribution in [0.2, 0.25) is 0 Å². The number of halogens is 2. The Morgan fingerprint density at radius 2 is 2.02 bits per heavy atom. The molecule has 0 saturated heterocycles. The van der Waals surface area contributed by atoms with Crippen molar-refractivity contribution in [2.45, 2.75) is 25.6 Å². The van der Waals surface area contributed by atoms with E-state index in [0.29, 0.717) is 71.0 Å². The highest BCUT2D eigenvalue weighted by atomic mass is 32.1. The zero-order valence-corrected chi connectivity index (χ0v) is 25.7. The van der Waals surface area contributed by atoms with Crippen LogP contribution in [-0.2, 0) is 29.7 Å². The molecule has 8 rings (SSSR count). The summed E-state index contributed by atoms with van der Waals surface area (Å²) in [5, 5.41) is 12.1. The summed E-state index contributed by atoms with van der Waals surface area (Å²) in [6.07, 6.45) is 3.62. The number of benzene rings is 2. The second-order valence-corrected chi connectivity index (χ2v) is 12.3. The summed E-state index contributed by atoms with van der Waals surface area (Å²) in [4.78, 5) is 19.8. The molecule has 0 N–H and O–H groups in total. The number of aromatic nitrogens is 5. The Morgan fingerprint density at radius 3 is 2.89 bits per heavy atom. The standard InChI is InChI=1S/C34H28F2N6O3S/c1-3-29(43)41-15-22-13-26-33-30(24-7-6-21(35)12-28(24)45-10-4-9-44-17-23(41)16-42(22)39-26)31-25(36)18-46-34(31)32(38-33)19-5-8-27-20(11-19)14-37-40(27)2/h3,5-8,11-14,18,23H,1,4,9-10,15-17H2,2H3/t23-/m0/s1. The smallest absolute Gasteiger partial charge is 0.246 e. The lowest BCUT2D eigenvalue weighted by molar-refractivity contribution is -0.132. The molecule has 1 amide bonds. The van der Waals surface area contributed by atoms with Gasteiger partial charge in [0.1, 0.15) is 28.8 Å². The Hall–Kier alpha value is -4.94. The molecule has 2 aromatic carbocycles. The zero-order valence-electron chi connectivity index (χ0n) is 24.9. The average molecular weight is 639 g/mol. The molecule has 0 aliphatic carbocycles. The van der Waals surface area contributed by atoms with E-state index in [2.05, 4.69) is 11.7 Å². The van der Waals surface area contributed by atoms with E-state index in [-0.39, 0.29) is 24.3 Å². The molecular weight excluding hydrogens is 610 g/mol. The van der Waals surface area contributed by atoms with Gasteiger partial charge in [0.05, 0.1) is 60.1 Å². The van der Waals surface area contributed by atoms with Crippen LogP contribution >= 0.6 is 11.3 Å². The van der Waals surface area contributed by atoms with E-state index in [1.165, 1.54) is 34.9 Å². The van der Waals surface area contributed by atoms with Crippen molar-refractivity contribution in [3.05, 3.63) is 84.0 Å². The Morgan fingerprint density at radius 1 is 1.13 bits per heavy atom. The van der Waals surface area contributed by atoms with Crippen molar-refractivity contribution in [3.8, 4) is 39.5 Å². The molecule has 2 aliphatic heterocycles. The third-order valence-electron chi connectivity index (χ3n) is 8.63. The van der Waals surface area contributed by atoms with Crippen LogP contribution in [0, 0.1) is 11.6 Å². The first kappa shape index (κ1) is 28.5. The van der Waals surface area contributed by atoms with Gasteiger partial charge in [0.2, 0.25) is 5.91 Å². The number of fused-ring (bicyclic) bond motifs is 9. The lowest BCUT2D eigenvalue weighted by Crippen LogP contribution is -2.48. The van der Waals surface area contributed by atoms with Crippen molar-refractivity contribution in [1.82, 2.24) is 29.4 Å². The molecule has 46 heavy (non-hydrogen) atoms. The number of rotatable bonds is 2. The number of carbonyl (C=O) groups excluding carboxylic acids is 1. The first-order valence-corrected chi connectivity index (χ1v) is 15.8. The van der Waals surface area contributed by atoms with E-state index in [1.54, 1.807) is 21.8 Å². The third kappa shape index (κ3) is 4.67. The van der Waals surface area contributed by atoms with Gasteiger partial charge < -0.3 is 14.4 Å². The van der Waals surface area contributed by atoms with E-state index in [9.17, 15) is 9.18 Å².